The predicted octanol–water partition coefficient (Wildman–Crippen LogP) is 7.22. The highest BCUT2D eigenvalue weighted by atomic mass is 19.4. The molecule has 4 bridgehead atoms. The number of ether oxygens (including phenoxy) is 6. The lowest BCUT2D eigenvalue weighted by molar-refractivity contribution is -0.599. The third kappa shape index (κ3) is 5.01. The fraction of sp³-hybridized carbons (Fsp3) is 0.941. The van der Waals surface area contributed by atoms with Gasteiger partial charge in [-0.3, -0.25) is 0 Å². The summed E-state index contributed by atoms with van der Waals surface area (Å²) in [5.41, 5.74) is -2.77. The average Bonchev–Trinajstić information content (AvgIpc) is 3.41. The first-order chi connectivity index (χ1) is 23.4. The fourth-order valence-corrected chi connectivity index (χ4v) is 10.8. The summed E-state index contributed by atoms with van der Waals surface area (Å²) < 4.78 is 124. The zero-order chi connectivity index (χ0) is 35.7. The van der Waals surface area contributed by atoms with Gasteiger partial charge >= 0.3 is 12.4 Å². The standard InChI is InChI=1S/C34H46F6O10/c1-17-6-8-23-19(3)32(34(38,39)40,46-27-30(23)21(17)10-13-29(5,45-27)48-49-30)42-15-14-41-16-20-24-9-7-18(2)22-11-12-28(4)44-26(31(22,24)50-47-28)43-25(20)33(35,36)37/h17-19,21-24,26-27H,6-16H2,1-5H3/t17-,18-,19-,21?,22?,23+,24+,26-,27+,28-,29-,30-,31-,32-/m1/s1. The molecule has 10 nitrogen and oxygen atoms in total. The van der Waals surface area contributed by atoms with Gasteiger partial charge in [-0.1, -0.05) is 20.8 Å². The second-order valence-electron chi connectivity index (χ2n) is 16.2. The molecule has 0 aromatic carbocycles. The molecule has 2 aliphatic carbocycles. The topological polar surface area (TPSA) is 92.3 Å². The van der Waals surface area contributed by atoms with Crippen molar-refractivity contribution in [2.75, 3.05) is 19.8 Å². The van der Waals surface area contributed by atoms with Crippen LogP contribution in [0.4, 0.5) is 26.3 Å². The molecule has 0 aromatic heterocycles. The Hall–Kier alpha value is -1.24. The number of rotatable bonds is 6. The second kappa shape index (κ2) is 11.6. The molecule has 2 spiro atoms. The summed E-state index contributed by atoms with van der Waals surface area (Å²) in [4.78, 5) is 23.4. The number of hydrogen-bond donors (Lipinski definition) is 0. The van der Waals surface area contributed by atoms with E-state index in [0.29, 0.717) is 51.4 Å². The lowest BCUT2D eigenvalue weighted by atomic mass is 9.57. The molecule has 50 heavy (non-hydrogen) atoms. The molecule has 0 amide bonds. The number of hydrogen-bond acceptors (Lipinski definition) is 10. The minimum Gasteiger partial charge on any atom is -0.456 e. The highest BCUT2D eigenvalue weighted by molar-refractivity contribution is 5.28. The molecular formula is C34H46F6O10. The van der Waals surface area contributed by atoms with E-state index in [1.165, 1.54) is 6.92 Å². The Morgan fingerprint density at radius 1 is 0.680 bits per heavy atom. The van der Waals surface area contributed by atoms with E-state index in [1.807, 2.05) is 6.92 Å². The Labute approximate surface area is 286 Å². The van der Waals surface area contributed by atoms with Crippen molar-refractivity contribution in [1.82, 2.24) is 0 Å². The van der Waals surface area contributed by atoms with Gasteiger partial charge in [0.1, 0.15) is 0 Å². The van der Waals surface area contributed by atoms with Crippen molar-refractivity contribution < 1.29 is 74.3 Å². The Kier molecular flexibility index (Phi) is 8.32. The third-order valence-electron chi connectivity index (χ3n) is 13.4. The van der Waals surface area contributed by atoms with Gasteiger partial charge < -0.3 is 28.4 Å². The molecule has 0 aromatic rings. The first kappa shape index (κ1) is 35.8. The highest BCUT2D eigenvalue weighted by Gasteiger charge is 2.77. The van der Waals surface area contributed by atoms with E-state index in [0.717, 1.165) is 0 Å². The van der Waals surface area contributed by atoms with Crippen molar-refractivity contribution in [2.24, 2.45) is 41.4 Å². The van der Waals surface area contributed by atoms with Gasteiger partial charge in [0.25, 0.3) is 5.79 Å². The van der Waals surface area contributed by atoms with Crippen molar-refractivity contribution in [1.29, 1.82) is 0 Å². The molecule has 0 N–H and O–H groups in total. The Bertz CT molecular complexity index is 1380. The molecule has 14 atom stereocenters. The van der Waals surface area contributed by atoms with Crippen LogP contribution >= 0.6 is 0 Å². The first-order valence-corrected chi connectivity index (χ1v) is 17.9. The van der Waals surface area contributed by atoms with Crippen LogP contribution in [-0.2, 0) is 48.0 Å². The average molecular weight is 729 g/mol. The molecular weight excluding hydrogens is 682 g/mol. The minimum absolute atomic E-state index is 0.0954. The van der Waals surface area contributed by atoms with Gasteiger partial charge in [0, 0.05) is 42.1 Å². The van der Waals surface area contributed by atoms with Crippen LogP contribution in [0.5, 0.6) is 0 Å². The van der Waals surface area contributed by atoms with E-state index >= 15 is 13.2 Å². The summed E-state index contributed by atoms with van der Waals surface area (Å²) in [5.74, 6) is -9.77. The van der Waals surface area contributed by atoms with Gasteiger partial charge in [0.05, 0.1) is 19.8 Å². The van der Waals surface area contributed by atoms with Gasteiger partial charge in [0.15, 0.2) is 17.5 Å². The maximum absolute atomic E-state index is 15.2. The Morgan fingerprint density at radius 2 is 1.28 bits per heavy atom. The van der Waals surface area contributed by atoms with E-state index in [4.69, 9.17) is 48.0 Å². The largest absolute Gasteiger partial charge is 0.456 e. The van der Waals surface area contributed by atoms with Crippen LogP contribution in [0.15, 0.2) is 11.3 Å². The number of fused-ring (bicyclic) bond motifs is 4. The summed E-state index contributed by atoms with van der Waals surface area (Å²) in [6, 6.07) is 0. The summed E-state index contributed by atoms with van der Waals surface area (Å²) in [6.07, 6.45) is -8.55. The van der Waals surface area contributed by atoms with Crippen molar-refractivity contribution >= 4 is 0 Å². The Balaban J connectivity index is 1.03. The molecule has 2 saturated carbocycles. The summed E-state index contributed by atoms with van der Waals surface area (Å²) in [5, 5.41) is 0. The Morgan fingerprint density at radius 3 is 1.92 bits per heavy atom. The second-order valence-corrected chi connectivity index (χ2v) is 16.2. The zero-order valence-electron chi connectivity index (χ0n) is 28.8. The molecule has 7 saturated heterocycles. The first-order valence-electron chi connectivity index (χ1n) is 17.9. The van der Waals surface area contributed by atoms with Crippen molar-refractivity contribution in [3.05, 3.63) is 11.3 Å². The minimum atomic E-state index is -5.00. The summed E-state index contributed by atoms with van der Waals surface area (Å²) >= 11 is 0. The van der Waals surface area contributed by atoms with E-state index in [9.17, 15) is 13.2 Å². The smallest absolute Gasteiger partial charge is 0.449 e. The van der Waals surface area contributed by atoms with E-state index in [2.05, 4.69) is 6.92 Å². The molecule has 2 unspecified atom stereocenters. The lowest BCUT2D eigenvalue weighted by Crippen LogP contribution is -2.76. The normalized spacial score (nSPS) is 51.4. The zero-order valence-corrected chi connectivity index (χ0v) is 28.8. The monoisotopic (exact) mass is 728 g/mol. The van der Waals surface area contributed by atoms with Crippen LogP contribution < -0.4 is 0 Å². The van der Waals surface area contributed by atoms with E-state index in [-0.39, 0.29) is 29.2 Å². The molecule has 8 aliphatic heterocycles. The molecule has 0 radical (unpaired) electrons. The molecule has 16 heteroatoms. The molecule has 284 valence electrons. The van der Waals surface area contributed by atoms with Crippen LogP contribution in [0, 0.1) is 41.4 Å². The van der Waals surface area contributed by atoms with Crippen LogP contribution in [-0.4, -0.2) is 73.3 Å². The lowest BCUT2D eigenvalue weighted by Gasteiger charge is -2.62. The van der Waals surface area contributed by atoms with Crippen LogP contribution in [0.3, 0.4) is 0 Å². The number of allylic oxidation sites excluding steroid dienone is 1. The maximum Gasteiger partial charge on any atom is 0.449 e. The van der Waals surface area contributed by atoms with Crippen molar-refractivity contribution in [3.63, 3.8) is 0 Å². The molecule has 10 rings (SSSR count). The third-order valence-corrected chi connectivity index (χ3v) is 13.4. The van der Waals surface area contributed by atoms with Crippen LogP contribution in [0.1, 0.15) is 86.0 Å². The van der Waals surface area contributed by atoms with Crippen LogP contribution in [0.2, 0.25) is 0 Å². The maximum atomic E-state index is 15.2. The molecule has 9 fully saturated rings. The number of halogens is 6. The SMILES string of the molecule is C[C@@H]1CC[C@H]2C(COCCO[C@@]3(C(F)(F)F)O[C@@H]4O[C@@]5(C)CCC6[C@H](C)CC[C@@H]([C@H]3C)[C@]64OO5)=C(C(F)(F)F)O[C@@H]3O[C@@]4(C)CCC1[C@]32OO4. The van der Waals surface area contributed by atoms with Gasteiger partial charge in [-0.05, 0) is 70.1 Å². The number of alkyl halides is 6. The molecule has 8 heterocycles. The van der Waals surface area contributed by atoms with Crippen molar-refractivity contribution in [2.45, 2.75) is 139 Å². The van der Waals surface area contributed by atoms with E-state index < -0.39 is 96.8 Å². The predicted molar refractivity (Wildman–Crippen MR) is 156 cm³/mol. The highest BCUT2D eigenvalue weighted by Crippen LogP contribution is 2.65. The van der Waals surface area contributed by atoms with Crippen LogP contribution in [0.25, 0.3) is 0 Å². The van der Waals surface area contributed by atoms with Gasteiger partial charge in [-0.25, -0.2) is 19.6 Å². The molecule has 10 aliphatic rings. The quantitative estimate of drug-likeness (QED) is 0.159. The summed E-state index contributed by atoms with van der Waals surface area (Å²) in [6.45, 7) is 7.08. The summed E-state index contributed by atoms with van der Waals surface area (Å²) in [7, 11) is 0. The van der Waals surface area contributed by atoms with Gasteiger partial charge in [0.2, 0.25) is 23.6 Å². The van der Waals surface area contributed by atoms with Crippen molar-refractivity contribution in [3.8, 4) is 0 Å². The van der Waals surface area contributed by atoms with E-state index in [1.54, 1.807) is 13.8 Å². The fourth-order valence-electron chi connectivity index (χ4n) is 10.8. The van der Waals surface area contributed by atoms with Gasteiger partial charge in [-0.15, -0.1) is 0 Å². The van der Waals surface area contributed by atoms with Gasteiger partial charge in [-0.2, -0.15) is 26.3 Å².